The summed E-state index contributed by atoms with van der Waals surface area (Å²) in [6.07, 6.45) is 3.01. The number of hydrogen-bond donors (Lipinski definition) is 1. The minimum Gasteiger partial charge on any atom is -0.444 e. The smallest absolute Gasteiger partial charge is 0.349 e. The quantitative estimate of drug-likeness (QED) is 0.729. The summed E-state index contributed by atoms with van der Waals surface area (Å²) in [5.41, 5.74) is 1.30. The van der Waals surface area contributed by atoms with Crippen LogP contribution in [0.5, 0.6) is 0 Å². The van der Waals surface area contributed by atoms with E-state index in [9.17, 15) is 9.59 Å². The predicted octanol–water partition coefficient (Wildman–Crippen LogP) is 3.38. The number of amides is 1. The van der Waals surface area contributed by atoms with Gasteiger partial charge in [0, 0.05) is 12.2 Å². The molecule has 1 amide bonds. The Morgan fingerprint density at radius 3 is 2.82 bits per heavy atom. The van der Waals surface area contributed by atoms with Crippen molar-refractivity contribution in [2.75, 3.05) is 6.61 Å². The molecule has 28 heavy (non-hydrogen) atoms. The summed E-state index contributed by atoms with van der Waals surface area (Å²) in [7, 11) is 0. The highest BCUT2D eigenvalue weighted by Crippen LogP contribution is 2.28. The van der Waals surface area contributed by atoms with Gasteiger partial charge in [0.2, 0.25) is 5.89 Å². The van der Waals surface area contributed by atoms with E-state index >= 15 is 0 Å². The molecular formula is C21H20N2O5. The van der Waals surface area contributed by atoms with Crippen molar-refractivity contribution in [2.45, 2.75) is 32.4 Å². The van der Waals surface area contributed by atoms with Crippen molar-refractivity contribution in [3.8, 4) is 11.5 Å². The molecule has 1 N–H and O–H groups in total. The van der Waals surface area contributed by atoms with E-state index in [4.69, 9.17) is 13.6 Å². The van der Waals surface area contributed by atoms with E-state index in [1.807, 2.05) is 30.3 Å². The highest BCUT2D eigenvalue weighted by atomic mass is 16.5. The molecule has 1 aliphatic heterocycles. The first-order valence-electron chi connectivity index (χ1n) is 9.16. The van der Waals surface area contributed by atoms with Gasteiger partial charge in [-0.1, -0.05) is 18.2 Å². The molecule has 2 aromatic heterocycles. The minimum absolute atomic E-state index is 0.00600. The van der Waals surface area contributed by atoms with Gasteiger partial charge in [-0.3, -0.25) is 4.79 Å². The fourth-order valence-electron chi connectivity index (χ4n) is 3.23. The second kappa shape index (κ2) is 7.82. The molecule has 0 radical (unpaired) electrons. The molecule has 0 bridgehead atoms. The molecule has 144 valence electrons. The van der Waals surface area contributed by atoms with Crippen molar-refractivity contribution in [2.24, 2.45) is 0 Å². The second-order valence-electron chi connectivity index (χ2n) is 6.69. The lowest BCUT2D eigenvalue weighted by Gasteiger charge is -2.11. The molecule has 1 aromatic carbocycles. The Kier molecular flexibility index (Phi) is 5.08. The molecule has 4 rings (SSSR count). The summed E-state index contributed by atoms with van der Waals surface area (Å²) < 4.78 is 16.3. The molecule has 0 aliphatic carbocycles. The number of aryl methyl sites for hydroxylation is 1. The SMILES string of the molecule is Cc1cc(C2CCCO2)oc(=O)c1C(=O)NCc1coc(-c2ccccc2)n1. The van der Waals surface area contributed by atoms with Crippen LogP contribution >= 0.6 is 0 Å². The number of rotatable bonds is 5. The van der Waals surface area contributed by atoms with Gasteiger partial charge >= 0.3 is 5.63 Å². The molecule has 7 nitrogen and oxygen atoms in total. The molecule has 7 heteroatoms. The predicted molar refractivity (Wildman–Crippen MR) is 101 cm³/mol. The Morgan fingerprint density at radius 1 is 1.29 bits per heavy atom. The van der Waals surface area contributed by atoms with Crippen molar-refractivity contribution in [1.29, 1.82) is 0 Å². The van der Waals surface area contributed by atoms with Gasteiger partial charge in [-0.15, -0.1) is 0 Å². The van der Waals surface area contributed by atoms with E-state index < -0.39 is 11.5 Å². The van der Waals surface area contributed by atoms with E-state index in [0.29, 0.717) is 29.5 Å². The van der Waals surface area contributed by atoms with Crippen LogP contribution < -0.4 is 10.9 Å². The number of aromatic nitrogens is 1. The number of oxazole rings is 1. The Morgan fingerprint density at radius 2 is 2.11 bits per heavy atom. The lowest BCUT2D eigenvalue weighted by atomic mass is 10.1. The average molecular weight is 380 g/mol. The molecule has 0 saturated carbocycles. The zero-order valence-electron chi connectivity index (χ0n) is 15.4. The molecule has 3 heterocycles. The highest BCUT2D eigenvalue weighted by molar-refractivity contribution is 5.95. The Bertz CT molecular complexity index is 1030. The van der Waals surface area contributed by atoms with Crippen LogP contribution in [0.2, 0.25) is 0 Å². The maximum absolute atomic E-state index is 12.5. The topological polar surface area (TPSA) is 94.6 Å². The lowest BCUT2D eigenvalue weighted by molar-refractivity contribution is 0.0882. The Balaban J connectivity index is 1.45. The average Bonchev–Trinajstić information content (AvgIpc) is 3.39. The summed E-state index contributed by atoms with van der Waals surface area (Å²) >= 11 is 0. The number of hydrogen-bond acceptors (Lipinski definition) is 6. The van der Waals surface area contributed by atoms with Gasteiger partial charge in [0.15, 0.2) is 0 Å². The van der Waals surface area contributed by atoms with Gasteiger partial charge in [-0.25, -0.2) is 9.78 Å². The van der Waals surface area contributed by atoms with Crippen molar-refractivity contribution in [3.63, 3.8) is 0 Å². The third-order valence-electron chi connectivity index (χ3n) is 4.64. The van der Waals surface area contributed by atoms with Crippen molar-refractivity contribution < 1.29 is 18.4 Å². The fourth-order valence-corrected chi connectivity index (χ4v) is 3.23. The summed E-state index contributed by atoms with van der Waals surface area (Å²) in [6.45, 7) is 2.51. The van der Waals surface area contributed by atoms with E-state index in [2.05, 4.69) is 10.3 Å². The van der Waals surface area contributed by atoms with E-state index in [-0.39, 0.29) is 18.2 Å². The van der Waals surface area contributed by atoms with Crippen molar-refractivity contribution >= 4 is 5.91 Å². The van der Waals surface area contributed by atoms with E-state index in [0.717, 1.165) is 18.4 Å². The largest absolute Gasteiger partial charge is 0.444 e. The number of carbonyl (C=O) groups is 1. The third-order valence-corrected chi connectivity index (χ3v) is 4.64. The maximum Gasteiger partial charge on any atom is 0.349 e. The number of nitrogens with one attached hydrogen (secondary N) is 1. The zero-order chi connectivity index (χ0) is 19.5. The maximum atomic E-state index is 12.5. The van der Waals surface area contributed by atoms with Gasteiger partial charge in [-0.2, -0.15) is 0 Å². The summed E-state index contributed by atoms with van der Waals surface area (Å²) in [5, 5.41) is 2.70. The van der Waals surface area contributed by atoms with Gasteiger partial charge in [0.05, 0.1) is 12.2 Å². The van der Waals surface area contributed by atoms with Crippen LogP contribution in [-0.4, -0.2) is 17.5 Å². The van der Waals surface area contributed by atoms with Crippen LogP contribution in [0.15, 0.2) is 56.3 Å². The molecule has 1 atom stereocenters. The zero-order valence-corrected chi connectivity index (χ0v) is 15.4. The molecule has 3 aromatic rings. The molecule has 1 fully saturated rings. The molecule has 0 spiro atoms. The number of ether oxygens (including phenoxy) is 1. The van der Waals surface area contributed by atoms with E-state index in [1.54, 1.807) is 13.0 Å². The molecule has 1 aliphatic rings. The highest BCUT2D eigenvalue weighted by Gasteiger charge is 2.24. The fraction of sp³-hybridized carbons (Fsp3) is 0.286. The van der Waals surface area contributed by atoms with Gasteiger partial charge in [0.25, 0.3) is 5.91 Å². The first kappa shape index (κ1) is 18.2. The van der Waals surface area contributed by atoms with Gasteiger partial charge in [0.1, 0.15) is 23.7 Å². The number of benzene rings is 1. The van der Waals surface area contributed by atoms with Crippen LogP contribution in [0.3, 0.4) is 0 Å². The van der Waals surface area contributed by atoms with Crippen LogP contribution in [0.1, 0.15) is 46.3 Å². The molecule has 1 unspecified atom stereocenters. The van der Waals surface area contributed by atoms with Crippen molar-refractivity contribution in [3.05, 3.63) is 75.7 Å². The summed E-state index contributed by atoms with van der Waals surface area (Å²) in [6, 6.07) is 11.2. The first-order valence-corrected chi connectivity index (χ1v) is 9.16. The minimum atomic E-state index is -0.659. The monoisotopic (exact) mass is 380 g/mol. The molecule has 1 saturated heterocycles. The Hall–Kier alpha value is -3.19. The molecular weight excluding hydrogens is 360 g/mol. The van der Waals surface area contributed by atoms with Crippen molar-refractivity contribution in [1.82, 2.24) is 10.3 Å². The van der Waals surface area contributed by atoms with Crippen LogP contribution in [-0.2, 0) is 11.3 Å². The second-order valence-corrected chi connectivity index (χ2v) is 6.69. The third kappa shape index (κ3) is 3.75. The standard InChI is InChI=1S/C21H20N2O5/c1-13-10-17(16-8-5-9-26-16)28-21(25)18(13)19(24)22-11-15-12-27-20(23-15)14-6-3-2-4-7-14/h2-4,6-7,10,12,16H,5,8-9,11H2,1H3,(H,22,24). The summed E-state index contributed by atoms with van der Waals surface area (Å²) in [5.74, 6) is 0.441. The lowest BCUT2D eigenvalue weighted by Crippen LogP contribution is -2.29. The van der Waals surface area contributed by atoms with E-state index in [1.165, 1.54) is 6.26 Å². The normalized spacial score (nSPS) is 16.2. The van der Waals surface area contributed by atoms with Crippen LogP contribution in [0.25, 0.3) is 11.5 Å². The van der Waals surface area contributed by atoms with Crippen LogP contribution in [0, 0.1) is 6.92 Å². The summed E-state index contributed by atoms with van der Waals surface area (Å²) in [4.78, 5) is 29.2. The first-order chi connectivity index (χ1) is 13.6. The Labute approximate surface area is 161 Å². The van der Waals surface area contributed by atoms with Crippen LogP contribution in [0.4, 0.5) is 0 Å². The van der Waals surface area contributed by atoms with Gasteiger partial charge < -0.3 is 18.9 Å². The van der Waals surface area contributed by atoms with Gasteiger partial charge in [-0.05, 0) is 43.5 Å². The number of nitrogens with zero attached hydrogens (tertiary/aromatic N) is 1. The number of carbonyl (C=O) groups excluding carboxylic acids is 1.